The molecule has 2 N–H and O–H groups in total. The minimum Gasteiger partial charge on any atom is -0.369 e. The summed E-state index contributed by atoms with van der Waals surface area (Å²) in [4.78, 5) is 22.2. The number of alkyl halides is 3. The molecular weight excluding hydrogens is 507 g/mol. The van der Waals surface area contributed by atoms with Crippen LogP contribution in [0.15, 0.2) is 12.4 Å². The largest absolute Gasteiger partial charge is 0.421 e. The van der Waals surface area contributed by atoms with Crippen molar-refractivity contribution < 1.29 is 18.0 Å². The lowest BCUT2D eigenvalue weighted by molar-refractivity contribution is -0.137. The molecule has 2 unspecified atom stereocenters. The third-order valence-corrected chi connectivity index (χ3v) is 8.09. The van der Waals surface area contributed by atoms with Crippen LogP contribution in [0.3, 0.4) is 0 Å². The predicted molar refractivity (Wildman–Crippen MR) is 146 cm³/mol. The molecule has 1 saturated heterocycles. The van der Waals surface area contributed by atoms with Crippen molar-refractivity contribution in [3.05, 3.63) is 23.7 Å². The number of nitrogens with zero attached hydrogens (tertiary/aromatic N) is 5. The maximum atomic E-state index is 13.7. The summed E-state index contributed by atoms with van der Waals surface area (Å²) in [5.41, 5.74) is 0.532. The van der Waals surface area contributed by atoms with E-state index in [1.54, 1.807) is 0 Å². The summed E-state index contributed by atoms with van der Waals surface area (Å²) in [6, 6.07) is 0.315. The molecule has 0 bridgehead atoms. The third-order valence-electron chi connectivity index (χ3n) is 8.09. The molecule has 0 aromatic carbocycles. The molecule has 1 aliphatic carbocycles. The Hall–Kier alpha value is -2.85. The number of nitrogens with one attached hydrogen (secondary N) is 2. The van der Waals surface area contributed by atoms with Crippen molar-refractivity contribution in [2.45, 2.75) is 103 Å². The number of carbonyl (C=O) groups excluding carboxylic acids is 1. The molecule has 2 aromatic heterocycles. The van der Waals surface area contributed by atoms with Crippen molar-refractivity contribution in [1.82, 2.24) is 24.6 Å². The number of halogens is 3. The van der Waals surface area contributed by atoms with Gasteiger partial charge >= 0.3 is 6.18 Å². The molecule has 0 radical (unpaired) electrons. The smallest absolute Gasteiger partial charge is 0.369 e. The van der Waals surface area contributed by atoms with Crippen molar-refractivity contribution in [2.75, 3.05) is 30.3 Å². The second-order valence-electron chi connectivity index (χ2n) is 10.9. The number of rotatable bonds is 9. The van der Waals surface area contributed by atoms with Crippen LogP contribution in [0.1, 0.15) is 101 Å². The predicted octanol–water partition coefficient (Wildman–Crippen LogP) is 6.87. The fourth-order valence-electron chi connectivity index (χ4n) is 5.65. The van der Waals surface area contributed by atoms with Crippen molar-refractivity contribution in [3.63, 3.8) is 0 Å². The van der Waals surface area contributed by atoms with Gasteiger partial charge in [0.1, 0.15) is 11.4 Å². The van der Waals surface area contributed by atoms with E-state index in [2.05, 4.69) is 27.5 Å². The van der Waals surface area contributed by atoms with E-state index in [-0.39, 0.29) is 24.2 Å². The van der Waals surface area contributed by atoms with Crippen molar-refractivity contribution >= 4 is 23.4 Å². The summed E-state index contributed by atoms with van der Waals surface area (Å²) in [5.74, 6) is 0.702. The van der Waals surface area contributed by atoms with Gasteiger partial charge in [0.2, 0.25) is 11.9 Å². The van der Waals surface area contributed by atoms with Crippen LogP contribution >= 0.6 is 0 Å². The molecule has 39 heavy (non-hydrogen) atoms. The Morgan fingerprint density at radius 2 is 1.90 bits per heavy atom. The topological polar surface area (TPSA) is 88.0 Å². The first-order chi connectivity index (χ1) is 18.7. The first kappa shape index (κ1) is 29.1. The van der Waals surface area contributed by atoms with E-state index in [0.717, 1.165) is 49.9 Å². The summed E-state index contributed by atoms with van der Waals surface area (Å²) >= 11 is 0. The van der Waals surface area contributed by atoms with E-state index in [4.69, 9.17) is 5.10 Å². The molecule has 11 heteroatoms. The van der Waals surface area contributed by atoms with Gasteiger partial charge in [-0.3, -0.25) is 9.48 Å². The van der Waals surface area contributed by atoms with Crippen LogP contribution in [0.2, 0.25) is 0 Å². The van der Waals surface area contributed by atoms with Crippen LogP contribution in [0.4, 0.5) is 30.6 Å². The van der Waals surface area contributed by atoms with Crippen LogP contribution in [0, 0.1) is 12.8 Å². The van der Waals surface area contributed by atoms with Gasteiger partial charge in [-0.2, -0.15) is 23.3 Å². The molecule has 8 nitrogen and oxygen atoms in total. The van der Waals surface area contributed by atoms with E-state index in [9.17, 15) is 18.0 Å². The first-order valence-corrected chi connectivity index (χ1v) is 14.5. The zero-order valence-electron chi connectivity index (χ0n) is 23.2. The number of amides is 1. The lowest BCUT2D eigenvalue weighted by atomic mass is 9.87. The molecule has 1 aliphatic heterocycles. The number of hydrogen-bond acceptors (Lipinski definition) is 6. The average Bonchev–Trinajstić information content (AvgIpc) is 3.10. The third kappa shape index (κ3) is 8.08. The van der Waals surface area contributed by atoms with E-state index >= 15 is 0 Å². The first-order valence-electron chi connectivity index (χ1n) is 14.5. The van der Waals surface area contributed by atoms with Crippen LogP contribution < -0.4 is 10.6 Å². The Bertz CT molecular complexity index is 1090. The molecule has 2 fully saturated rings. The second-order valence-corrected chi connectivity index (χ2v) is 10.9. The van der Waals surface area contributed by atoms with Gasteiger partial charge in [-0.15, -0.1) is 0 Å². The van der Waals surface area contributed by atoms with Gasteiger partial charge in [0.15, 0.2) is 0 Å². The highest BCUT2D eigenvalue weighted by atomic mass is 19.4. The van der Waals surface area contributed by atoms with Gasteiger partial charge in [0.05, 0.1) is 17.4 Å². The second kappa shape index (κ2) is 13.5. The van der Waals surface area contributed by atoms with Gasteiger partial charge in [-0.25, -0.2) is 4.98 Å². The monoisotopic (exact) mass is 549 g/mol. The highest BCUT2D eigenvalue weighted by Crippen LogP contribution is 2.35. The molecular formula is C28H42F3N7O. The average molecular weight is 550 g/mol. The van der Waals surface area contributed by atoms with Gasteiger partial charge < -0.3 is 15.5 Å². The number of anilines is 3. The number of carbonyl (C=O) groups is 1. The maximum absolute atomic E-state index is 13.7. The summed E-state index contributed by atoms with van der Waals surface area (Å²) in [6.07, 6.45) is 10.4. The minimum absolute atomic E-state index is 0.0829. The molecule has 1 amide bonds. The Kier molecular flexibility index (Phi) is 10.1. The van der Waals surface area contributed by atoms with Crippen LogP contribution in [-0.4, -0.2) is 50.2 Å². The van der Waals surface area contributed by atoms with E-state index in [0.29, 0.717) is 37.7 Å². The molecule has 3 heterocycles. The van der Waals surface area contributed by atoms with Gasteiger partial charge in [0, 0.05) is 38.4 Å². The lowest BCUT2D eigenvalue weighted by Crippen LogP contribution is -2.32. The summed E-state index contributed by atoms with van der Waals surface area (Å²) in [6.45, 7) is 5.62. The zero-order chi connectivity index (χ0) is 27.8. The highest BCUT2D eigenvalue weighted by molar-refractivity contribution is 5.76. The molecule has 4 rings (SSSR count). The normalized spacial score (nSPS) is 21.3. The molecule has 2 aromatic rings. The van der Waals surface area contributed by atoms with Crippen LogP contribution in [0.25, 0.3) is 0 Å². The van der Waals surface area contributed by atoms with E-state index in [1.807, 2.05) is 22.7 Å². The van der Waals surface area contributed by atoms with Gasteiger partial charge in [-0.1, -0.05) is 39.0 Å². The summed E-state index contributed by atoms with van der Waals surface area (Å²) in [7, 11) is 0. The van der Waals surface area contributed by atoms with Gasteiger partial charge in [-0.05, 0) is 51.4 Å². The zero-order valence-corrected chi connectivity index (χ0v) is 23.2. The van der Waals surface area contributed by atoms with E-state index < -0.39 is 11.7 Å². The molecule has 216 valence electrons. The number of hydrogen-bond donors (Lipinski definition) is 2. The summed E-state index contributed by atoms with van der Waals surface area (Å²) < 4.78 is 43.1. The molecule has 0 spiro atoms. The molecule has 2 atom stereocenters. The molecule has 1 saturated carbocycles. The van der Waals surface area contributed by atoms with Crippen molar-refractivity contribution in [1.29, 1.82) is 0 Å². The SMILES string of the molecule is CCC1CCCCC(n2cc(Nc3ncc(C(F)(F)F)c(NCCCN4CCCCCC4=O)n3)c(C)n2)CC1. The maximum Gasteiger partial charge on any atom is 0.421 e. The quantitative estimate of drug-likeness (QED) is 0.332. The van der Waals surface area contributed by atoms with Crippen molar-refractivity contribution in [3.8, 4) is 0 Å². The Morgan fingerprint density at radius 1 is 1.08 bits per heavy atom. The lowest BCUT2D eigenvalue weighted by Gasteiger charge is -2.24. The number of likely N-dealkylation sites (tertiary alicyclic amines) is 1. The fourth-order valence-corrected chi connectivity index (χ4v) is 5.65. The summed E-state index contributed by atoms with van der Waals surface area (Å²) in [5, 5.41) is 10.6. The fraction of sp³-hybridized carbons (Fsp3) is 0.714. The Labute approximate surface area is 229 Å². The number of aryl methyl sites for hydroxylation is 1. The van der Waals surface area contributed by atoms with Crippen LogP contribution in [-0.2, 0) is 11.0 Å². The highest BCUT2D eigenvalue weighted by Gasteiger charge is 2.35. The standard InChI is InChI=1S/C28H42F3N7O/c1-3-21-10-6-7-11-22(14-13-21)38-19-24(20(2)36-38)34-27-33-18-23(28(29,30)31)26(35-27)32-15-9-17-37-16-8-4-5-12-25(37)39/h18-19,21-22H,3-17H2,1-2H3,(H2,32,33,34,35). The Balaban J connectivity index is 1.42. The minimum atomic E-state index is -4.59. The van der Waals surface area contributed by atoms with Crippen molar-refractivity contribution in [2.24, 2.45) is 5.92 Å². The number of aromatic nitrogens is 4. The van der Waals surface area contributed by atoms with Gasteiger partial charge in [0.25, 0.3) is 0 Å². The van der Waals surface area contributed by atoms with Crippen LogP contribution in [0.5, 0.6) is 0 Å². The van der Waals surface area contributed by atoms with E-state index in [1.165, 1.54) is 32.1 Å². The molecule has 2 aliphatic rings. The Morgan fingerprint density at radius 3 is 2.69 bits per heavy atom.